The molecule has 0 aliphatic rings. The van der Waals surface area contributed by atoms with Crippen LogP contribution in [0.5, 0.6) is 0 Å². The highest BCUT2D eigenvalue weighted by molar-refractivity contribution is 5.88. The summed E-state index contributed by atoms with van der Waals surface area (Å²) < 4.78 is 1.52. The van der Waals surface area contributed by atoms with Gasteiger partial charge in [0, 0.05) is 17.1 Å². The Balaban J connectivity index is 2.21. The molecule has 0 amide bonds. The van der Waals surface area contributed by atoms with Gasteiger partial charge < -0.3 is 0 Å². The molecule has 0 fully saturated rings. The van der Waals surface area contributed by atoms with E-state index in [1.54, 1.807) is 6.20 Å². The molecular weight excluding hydrogens is 206 g/mol. The summed E-state index contributed by atoms with van der Waals surface area (Å²) in [6.07, 6.45) is 2.49. The lowest BCUT2D eigenvalue weighted by molar-refractivity contribution is 0.549. The van der Waals surface area contributed by atoms with E-state index in [1.807, 2.05) is 24.3 Å². The van der Waals surface area contributed by atoms with Crippen molar-refractivity contribution in [3.05, 3.63) is 30.5 Å². The normalized spacial score (nSPS) is 10.8. The van der Waals surface area contributed by atoms with E-state index in [9.17, 15) is 4.79 Å². The summed E-state index contributed by atoms with van der Waals surface area (Å²) in [4.78, 5) is 10.7. The number of fused-ring (bicyclic) bond motifs is 1. The highest BCUT2D eigenvalue weighted by Crippen LogP contribution is 2.21. The molecule has 0 unspecified atom stereocenters. The van der Waals surface area contributed by atoms with Crippen molar-refractivity contribution in [2.75, 3.05) is 0 Å². The first-order valence-corrected chi connectivity index (χ1v) is 4.68. The average Bonchev–Trinajstić information content (AvgIpc) is 2.97. The summed E-state index contributed by atoms with van der Waals surface area (Å²) >= 11 is 0. The molecule has 0 spiro atoms. The van der Waals surface area contributed by atoms with Gasteiger partial charge in [-0.05, 0) is 29.5 Å². The van der Waals surface area contributed by atoms with Crippen LogP contribution in [-0.4, -0.2) is 31.6 Å². The minimum atomic E-state index is 0.542. The third kappa shape index (κ3) is 1.20. The molecule has 1 aromatic carbocycles. The summed E-state index contributed by atoms with van der Waals surface area (Å²) in [6.45, 7) is 0. The van der Waals surface area contributed by atoms with Crippen LogP contribution in [0, 0.1) is 0 Å². The van der Waals surface area contributed by atoms with Crippen molar-refractivity contribution in [1.29, 1.82) is 0 Å². The molecule has 6 heteroatoms. The molecule has 2 heterocycles. The molecule has 0 saturated carbocycles. The lowest BCUT2D eigenvalue weighted by atomic mass is 10.1. The first-order chi connectivity index (χ1) is 7.88. The van der Waals surface area contributed by atoms with E-state index in [0.717, 1.165) is 22.9 Å². The van der Waals surface area contributed by atoms with Crippen LogP contribution < -0.4 is 0 Å². The van der Waals surface area contributed by atoms with Gasteiger partial charge in [0.2, 0.25) is 12.2 Å². The van der Waals surface area contributed by atoms with Crippen LogP contribution >= 0.6 is 0 Å². The Morgan fingerprint density at radius 2 is 2.25 bits per heavy atom. The molecule has 3 rings (SSSR count). The summed E-state index contributed by atoms with van der Waals surface area (Å²) in [5.74, 6) is 0.542. The van der Waals surface area contributed by atoms with Gasteiger partial charge in [-0.15, -0.1) is 10.2 Å². The van der Waals surface area contributed by atoms with Crippen molar-refractivity contribution in [1.82, 2.24) is 25.2 Å². The average molecular weight is 213 g/mol. The van der Waals surface area contributed by atoms with Crippen molar-refractivity contribution < 1.29 is 4.79 Å². The number of tetrazole rings is 1. The molecule has 2 aromatic heterocycles. The molecule has 6 nitrogen and oxygen atoms in total. The zero-order chi connectivity index (χ0) is 11.0. The van der Waals surface area contributed by atoms with Crippen LogP contribution in [0.25, 0.3) is 22.3 Å². The third-order valence-electron chi connectivity index (χ3n) is 2.44. The Hall–Kier alpha value is -2.50. The number of hydrogen-bond acceptors (Lipinski definition) is 4. The predicted octanol–water partition coefficient (Wildman–Crippen LogP) is 0.860. The Morgan fingerprint density at radius 3 is 3.00 bits per heavy atom. The van der Waals surface area contributed by atoms with Crippen LogP contribution in [0.3, 0.4) is 0 Å². The Labute approximate surface area is 89.9 Å². The number of hydrogen-bond donors (Lipinski definition) is 1. The molecule has 0 atom stereocenters. The van der Waals surface area contributed by atoms with Crippen molar-refractivity contribution >= 4 is 17.3 Å². The van der Waals surface area contributed by atoms with Gasteiger partial charge in [0.25, 0.3) is 0 Å². The monoisotopic (exact) mass is 213 g/mol. The van der Waals surface area contributed by atoms with Gasteiger partial charge in [-0.3, -0.25) is 9.36 Å². The van der Waals surface area contributed by atoms with E-state index in [4.69, 9.17) is 0 Å². The first-order valence-electron chi connectivity index (χ1n) is 4.68. The van der Waals surface area contributed by atoms with E-state index in [-0.39, 0.29) is 0 Å². The Bertz CT molecular complexity index is 640. The molecule has 78 valence electrons. The van der Waals surface area contributed by atoms with Gasteiger partial charge >= 0.3 is 0 Å². The van der Waals surface area contributed by atoms with E-state index < -0.39 is 0 Å². The van der Waals surface area contributed by atoms with Gasteiger partial charge in [0.15, 0.2) is 0 Å². The minimum Gasteiger partial charge on any atom is -0.290 e. The van der Waals surface area contributed by atoms with Crippen LogP contribution in [0.1, 0.15) is 0 Å². The summed E-state index contributed by atoms with van der Waals surface area (Å²) in [5, 5.41) is 14.7. The molecule has 0 aliphatic carbocycles. The molecule has 0 bridgehead atoms. The molecule has 3 aromatic rings. The topological polar surface area (TPSA) is 76.5 Å². The van der Waals surface area contributed by atoms with Crippen LogP contribution in [0.15, 0.2) is 30.5 Å². The maximum absolute atomic E-state index is 10.7. The number of rotatable bonds is 2. The highest BCUT2D eigenvalue weighted by Gasteiger charge is 2.05. The maximum atomic E-state index is 10.7. The van der Waals surface area contributed by atoms with Gasteiger partial charge in [0.1, 0.15) is 0 Å². The summed E-state index contributed by atoms with van der Waals surface area (Å²) in [5.41, 5.74) is 1.73. The fraction of sp³-hybridized carbons (Fsp3) is 0. The number of carbonyl (C=O) groups excluding carboxylic acids is 1. The zero-order valence-electron chi connectivity index (χ0n) is 8.16. The molecule has 16 heavy (non-hydrogen) atoms. The number of H-pyrrole nitrogens is 1. The van der Waals surface area contributed by atoms with Crippen LogP contribution in [0.2, 0.25) is 0 Å². The van der Waals surface area contributed by atoms with Gasteiger partial charge in [-0.2, -0.15) is 5.21 Å². The van der Waals surface area contributed by atoms with Crippen molar-refractivity contribution in [3.8, 4) is 11.4 Å². The second kappa shape index (κ2) is 3.27. The fourth-order valence-electron chi connectivity index (χ4n) is 1.68. The van der Waals surface area contributed by atoms with Gasteiger partial charge in [-0.1, -0.05) is 0 Å². The smallest absolute Gasteiger partial charge is 0.218 e. The third-order valence-corrected chi connectivity index (χ3v) is 2.44. The first kappa shape index (κ1) is 8.78. The van der Waals surface area contributed by atoms with E-state index in [0.29, 0.717) is 5.82 Å². The maximum Gasteiger partial charge on any atom is 0.218 e. The number of aromatic amines is 1. The number of aromatic nitrogens is 5. The van der Waals surface area contributed by atoms with Gasteiger partial charge in [0.05, 0.1) is 5.52 Å². The highest BCUT2D eigenvalue weighted by atomic mass is 16.1. The fourth-order valence-corrected chi connectivity index (χ4v) is 1.68. The van der Waals surface area contributed by atoms with Crippen LogP contribution in [-0.2, 0) is 4.79 Å². The van der Waals surface area contributed by atoms with Crippen molar-refractivity contribution in [2.24, 2.45) is 0 Å². The molecular formula is C10H7N5O. The van der Waals surface area contributed by atoms with Crippen LogP contribution in [0.4, 0.5) is 0 Å². The summed E-state index contributed by atoms with van der Waals surface area (Å²) in [6, 6.07) is 7.50. The number of carbonyl (C=O) groups is 1. The number of nitrogens with one attached hydrogen (secondary N) is 1. The Kier molecular flexibility index (Phi) is 1.79. The molecule has 0 radical (unpaired) electrons. The van der Waals surface area contributed by atoms with Crippen molar-refractivity contribution in [3.63, 3.8) is 0 Å². The quantitative estimate of drug-likeness (QED) is 0.640. The number of benzene rings is 1. The van der Waals surface area contributed by atoms with E-state index in [2.05, 4.69) is 20.6 Å². The predicted molar refractivity (Wildman–Crippen MR) is 57.3 cm³/mol. The Morgan fingerprint density at radius 1 is 1.31 bits per heavy atom. The lowest BCUT2D eigenvalue weighted by Gasteiger charge is -1.97. The zero-order valence-corrected chi connectivity index (χ0v) is 8.16. The van der Waals surface area contributed by atoms with Gasteiger partial charge in [-0.25, -0.2) is 0 Å². The lowest BCUT2D eigenvalue weighted by Crippen LogP contribution is -1.90. The molecule has 0 saturated heterocycles. The second-order valence-electron chi connectivity index (χ2n) is 3.34. The largest absolute Gasteiger partial charge is 0.290 e. The molecule has 1 N–H and O–H groups in total. The van der Waals surface area contributed by atoms with E-state index in [1.165, 1.54) is 4.57 Å². The number of nitrogens with zero attached hydrogens (tertiary/aromatic N) is 4. The second-order valence-corrected chi connectivity index (χ2v) is 3.34. The van der Waals surface area contributed by atoms with Crippen molar-refractivity contribution in [2.45, 2.75) is 0 Å². The van der Waals surface area contributed by atoms with E-state index >= 15 is 0 Å². The SMILES string of the molecule is O=Cn1ccc2cc(-c3nn[nH]n3)ccc21. The molecule has 0 aliphatic heterocycles. The minimum absolute atomic E-state index is 0.542. The standard InChI is InChI=1S/C10H7N5O/c16-6-15-4-3-7-5-8(1-2-9(7)15)10-11-13-14-12-10/h1-6H,(H,11,12,13,14). The summed E-state index contributed by atoms with van der Waals surface area (Å²) in [7, 11) is 0.